The van der Waals surface area contributed by atoms with E-state index in [0.717, 1.165) is 5.56 Å². The fraction of sp³-hybridized carbons (Fsp3) is 0.0667. The van der Waals surface area contributed by atoms with Crippen molar-refractivity contribution in [1.82, 2.24) is 15.0 Å². The summed E-state index contributed by atoms with van der Waals surface area (Å²) in [6.45, 7) is 0.199. The molecule has 0 atom stereocenters. The van der Waals surface area contributed by atoms with E-state index in [0.29, 0.717) is 28.7 Å². The average molecular weight is 298 g/mol. The van der Waals surface area contributed by atoms with E-state index in [1.807, 2.05) is 6.07 Å². The second kappa shape index (κ2) is 4.73. The highest BCUT2D eigenvalue weighted by atomic mass is 19.1. The summed E-state index contributed by atoms with van der Waals surface area (Å²) in [5, 5.41) is 8.09. The van der Waals surface area contributed by atoms with Crippen molar-refractivity contribution in [2.24, 2.45) is 0 Å². The number of halogens is 1. The van der Waals surface area contributed by atoms with E-state index in [-0.39, 0.29) is 12.6 Å². The molecule has 22 heavy (non-hydrogen) atoms. The van der Waals surface area contributed by atoms with E-state index in [1.54, 1.807) is 24.3 Å². The second-order valence-electron chi connectivity index (χ2n) is 4.78. The van der Waals surface area contributed by atoms with Gasteiger partial charge in [0, 0.05) is 5.56 Å². The van der Waals surface area contributed by atoms with Crippen LogP contribution in [0.1, 0.15) is 0 Å². The molecule has 2 aromatic carbocycles. The molecular formula is C15H11FN4O2. The summed E-state index contributed by atoms with van der Waals surface area (Å²) in [7, 11) is 0. The lowest BCUT2D eigenvalue weighted by Gasteiger charge is -2.04. The lowest BCUT2D eigenvalue weighted by molar-refractivity contribution is 0.174. The van der Waals surface area contributed by atoms with E-state index >= 15 is 0 Å². The zero-order chi connectivity index (χ0) is 15.1. The van der Waals surface area contributed by atoms with Crippen molar-refractivity contribution in [2.75, 3.05) is 12.5 Å². The van der Waals surface area contributed by atoms with Crippen LogP contribution < -0.4 is 15.2 Å². The lowest BCUT2D eigenvalue weighted by atomic mass is 10.1. The molecule has 4 rings (SSSR count). The van der Waals surface area contributed by atoms with Crippen LogP contribution in [-0.4, -0.2) is 21.8 Å². The first kappa shape index (κ1) is 12.6. The largest absolute Gasteiger partial charge is 0.454 e. The minimum absolute atomic E-state index is 0.199. The Morgan fingerprint density at radius 1 is 1.09 bits per heavy atom. The Labute approximate surface area is 124 Å². The number of nitrogens with zero attached hydrogens (tertiary/aromatic N) is 3. The minimum Gasteiger partial charge on any atom is -0.454 e. The van der Waals surface area contributed by atoms with Crippen LogP contribution in [0.2, 0.25) is 0 Å². The van der Waals surface area contributed by atoms with Crippen molar-refractivity contribution in [3.8, 4) is 28.4 Å². The predicted octanol–water partition coefficient (Wildman–Crippen LogP) is 2.38. The minimum atomic E-state index is -0.364. The fourth-order valence-electron chi connectivity index (χ4n) is 2.34. The van der Waals surface area contributed by atoms with Gasteiger partial charge in [-0.3, -0.25) is 0 Å². The first-order chi connectivity index (χ1) is 10.7. The number of nitrogens with two attached hydrogens (primary N) is 1. The van der Waals surface area contributed by atoms with Gasteiger partial charge in [-0.1, -0.05) is 11.3 Å². The predicted molar refractivity (Wildman–Crippen MR) is 77.3 cm³/mol. The van der Waals surface area contributed by atoms with Crippen molar-refractivity contribution in [1.29, 1.82) is 0 Å². The van der Waals surface area contributed by atoms with Crippen LogP contribution >= 0.6 is 0 Å². The molecule has 0 saturated carbocycles. The monoisotopic (exact) mass is 298 g/mol. The van der Waals surface area contributed by atoms with E-state index in [4.69, 9.17) is 15.2 Å². The van der Waals surface area contributed by atoms with E-state index in [2.05, 4.69) is 10.3 Å². The van der Waals surface area contributed by atoms with Crippen LogP contribution in [0.4, 0.5) is 10.2 Å². The maximum atomic E-state index is 13.3. The van der Waals surface area contributed by atoms with Crippen LogP contribution in [0.3, 0.4) is 0 Å². The van der Waals surface area contributed by atoms with Gasteiger partial charge >= 0.3 is 0 Å². The summed E-state index contributed by atoms with van der Waals surface area (Å²) in [6.07, 6.45) is 0. The molecule has 0 radical (unpaired) electrons. The number of rotatable bonds is 2. The van der Waals surface area contributed by atoms with Gasteiger partial charge in [0.15, 0.2) is 17.3 Å². The van der Waals surface area contributed by atoms with E-state index in [9.17, 15) is 4.39 Å². The molecule has 1 aromatic heterocycles. The van der Waals surface area contributed by atoms with Crippen molar-refractivity contribution >= 4 is 5.82 Å². The molecule has 3 aromatic rings. The van der Waals surface area contributed by atoms with Crippen molar-refractivity contribution < 1.29 is 13.9 Å². The number of aromatic nitrogens is 3. The molecule has 6 nitrogen and oxygen atoms in total. The zero-order valence-electron chi connectivity index (χ0n) is 11.4. The SMILES string of the molecule is Nc1c(-c2ccc3c(c2)OCO3)nnn1-c1cccc(F)c1. The Bertz CT molecular complexity index is 862. The third kappa shape index (κ3) is 1.95. The maximum Gasteiger partial charge on any atom is 0.231 e. The Morgan fingerprint density at radius 3 is 2.82 bits per heavy atom. The molecular weight excluding hydrogens is 287 g/mol. The van der Waals surface area contributed by atoms with Gasteiger partial charge in [0.05, 0.1) is 5.69 Å². The number of ether oxygens (including phenoxy) is 2. The topological polar surface area (TPSA) is 75.2 Å². The fourth-order valence-corrected chi connectivity index (χ4v) is 2.34. The molecule has 7 heteroatoms. The number of hydrogen-bond donors (Lipinski definition) is 1. The molecule has 0 bridgehead atoms. The van der Waals surface area contributed by atoms with Crippen molar-refractivity contribution in [2.45, 2.75) is 0 Å². The Hall–Kier alpha value is -3.09. The van der Waals surface area contributed by atoms with Gasteiger partial charge in [-0.25, -0.2) is 4.39 Å². The Kier molecular flexibility index (Phi) is 2.72. The number of anilines is 1. The van der Waals surface area contributed by atoms with E-state index < -0.39 is 0 Å². The first-order valence-corrected chi connectivity index (χ1v) is 6.59. The molecule has 0 fully saturated rings. The summed E-state index contributed by atoms with van der Waals surface area (Å²) in [4.78, 5) is 0. The van der Waals surface area contributed by atoms with Gasteiger partial charge in [0.1, 0.15) is 11.5 Å². The molecule has 0 saturated heterocycles. The summed E-state index contributed by atoms with van der Waals surface area (Å²) in [5.41, 5.74) is 7.87. The molecule has 1 aliphatic heterocycles. The summed E-state index contributed by atoms with van der Waals surface area (Å²) >= 11 is 0. The molecule has 0 aliphatic carbocycles. The molecule has 2 heterocycles. The van der Waals surface area contributed by atoms with Crippen LogP contribution in [-0.2, 0) is 0 Å². The molecule has 110 valence electrons. The quantitative estimate of drug-likeness (QED) is 0.786. The van der Waals surface area contributed by atoms with Crippen molar-refractivity contribution in [3.63, 3.8) is 0 Å². The number of benzene rings is 2. The van der Waals surface area contributed by atoms with Gasteiger partial charge < -0.3 is 15.2 Å². The average Bonchev–Trinajstić information content (AvgIpc) is 3.12. The Morgan fingerprint density at radius 2 is 1.95 bits per heavy atom. The van der Waals surface area contributed by atoms with Gasteiger partial charge in [-0.05, 0) is 36.4 Å². The zero-order valence-corrected chi connectivity index (χ0v) is 11.4. The second-order valence-corrected chi connectivity index (χ2v) is 4.78. The lowest BCUT2D eigenvalue weighted by Crippen LogP contribution is -2.02. The normalized spacial score (nSPS) is 12.6. The van der Waals surface area contributed by atoms with Crippen LogP contribution in [0.25, 0.3) is 16.9 Å². The third-order valence-electron chi connectivity index (χ3n) is 3.40. The molecule has 0 unspecified atom stereocenters. The number of nitrogen functional groups attached to an aromatic ring is 1. The standard InChI is InChI=1S/C15H11FN4O2/c16-10-2-1-3-11(7-10)20-15(17)14(18-19-20)9-4-5-12-13(6-9)22-8-21-12/h1-7H,8,17H2. The number of hydrogen-bond acceptors (Lipinski definition) is 5. The van der Waals surface area contributed by atoms with Crippen LogP contribution in [0.15, 0.2) is 42.5 Å². The number of fused-ring (bicyclic) bond motifs is 1. The molecule has 2 N–H and O–H groups in total. The highest BCUT2D eigenvalue weighted by Gasteiger charge is 2.18. The summed E-state index contributed by atoms with van der Waals surface area (Å²) < 4.78 is 25.3. The molecule has 0 amide bonds. The van der Waals surface area contributed by atoms with Crippen LogP contribution in [0, 0.1) is 5.82 Å². The third-order valence-corrected chi connectivity index (χ3v) is 3.40. The van der Waals surface area contributed by atoms with E-state index in [1.165, 1.54) is 16.8 Å². The maximum absolute atomic E-state index is 13.3. The van der Waals surface area contributed by atoms with Crippen molar-refractivity contribution in [3.05, 3.63) is 48.3 Å². The van der Waals surface area contributed by atoms with Gasteiger partial charge in [0.25, 0.3) is 0 Å². The van der Waals surface area contributed by atoms with Gasteiger partial charge in [-0.2, -0.15) is 4.68 Å². The molecule has 0 spiro atoms. The first-order valence-electron chi connectivity index (χ1n) is 6.59. The summed E-state index contributed by atoms with van der Waals surface area (Å²) in [6, 6.07) is 11.4. The van der Waals surface area contributed by atoms with Gasteiger partial charge in [-0.15, -0.1) is 5.10 Å². The summed E-state index contributed by atoms with van der Waals surface area (Å²) in [5.74, 6) is 1.28. The van der Waals surface area contributed by atoms with Gasteiger partial charge in [0.2, 0.25) is 6.79 Å². The smallest absolute Gasteiger partial charge is 0.231 e. The molecule has 1 aliphatic rings. The Balaban J connectivity index is 1.78. The highest BCUT2D eigenvalue weighted by molar-refractivity contribution is 5.73. The van der Waals surface area contributed by atoms with Crippen LogP contribution in [0.5, 0.6) is 11.5 Å². The highest BCUT2D eigenvalue weighted by Crippen LogP contribution is 2.36.